The summed E-state index contributed by atoms with van der Waals surface area (Å²) in [5.74, 6) is 0. The molecular weight excluding hydrogens is 685 g/mol. The Hall–Kier alpha value is -0.580. The summed E-state index contributed by atoms with van der Waals surface area (Å²) < 4.78 is 0. The van der Waals surface area contributed by atoms with E-state index in [4.69, 9.17) is 0 Å². The fraction of sp³-hybridized carbons (Fsp3) is 0.278. The Morgan fingerprint density at radius 3 is 1.24 bits per heavy atom. The molecule has 2 aromatic rings. The van der Waals surface area contributed by atoms with Crippen LogP contribution in [0.5, 0.6) is 0 Å². The molecule has 2 aliphatic heterocycles. The molecule has 0 amide bonds. The first-order valence-electron chi connectivity index (χ1n) is 13.8. The monoisotopic (exact) mass is 728 g/mol. The number of hydrogen-bond donors (Lipinski definition) is 0. The van der Waals surface area contributed by atoms with E-state index in [2.05, 4.69) is 125 Å². The normalized spacial score (nSPS) is 22.0. The number of allylic oxidation sites excluding steroid dienone is 12. The molecule has 2 aliphatic carbocycles. The van der Waals surface area contributed by atoms with Gasteiger partial charge in [-0.3, -0.25) is 0 Å². The Labute approximate surface area is 288 Å². The maximum absolute atomic E-state index is 3.57. The van der Waals surface area contributed by atoms with Gasteiger partial charge in [0.25, 0.3) is 0 Å². The predicted octanol–water partition coefficient (Wildman–Crippen LogP) is 9.92. The van der Waals surface area contributed by atoms with E-state index < -0.39 is 0 Å². The van der Waals surface area contributed by atoms with Crippen LogP contribution in [0.3, 0.4) is 0 Å². The van der Waals surface area contributed by atoms with Crippen molar-refractivity contribution in [1.29, 1.82) is 0 Å². The third kappa shape index (κ3) is 9.23. The van der Waals surface area contributed by atoms with Gasteiger partial charge in [-0.2, -0.15) is 23.3 Å². The first-order chi connectivity index (χ1) is 18.7. The zero-order valence-electron chi connectivity index (χ0n) is 26.0. The molecule has 0 fully saturated rings. The average Bonchev–Trinajstić information content (AvgIpc) is 3.73. The van der Waals surface area contributed by atoms with E-state index in [-0.39, 0.29) is 55.5 Å². The van der Waals surface area contributed by atoms with E-state index in [1.165, 1.54) is 45.7 Å². The first-order valence-corrected chi connectivity index (χ1v) is 22.6. The van der Waals surface area contributed by atoms with Crippen LogP contribution in [0.25, 0.3) is 0 Å². The summed E-state index contributed by atoms with van der Waals surface area (Å²) in [5, 5.41) is 6.13. The summed E-state index contributed by atoms with van der Waals surface area (Å²) in [7, 11) is -0.383. The van der Waals surface area contributed by atoms with Gasteiger partial charge in [-0.15, -0.1) is 70.9 Å². The fourth-order valence-electron chi connectivity index (χ4n) is 5.40. The van der Waals surface area contributed by atoms with Crippen molar-refractivity contribution in [3.05, 3.63) is 145 Å². The Morgan fingerprint density at radius 1 is 0.619 bits per heavy atom. The molecule has 0 saturated carbocycles. The quantitative estimate of drug-likeness (QED) is 0.158. The number of hydrogen-bond acceptors (Lipinski definition) is 0. The number of fused-ring (bicyclic) bond motifs is 2. The first kappa shape index (κ1) is 41.4. The second-order valence-electron chi connectivity index (χ2n) is 9.59. The van der Waals surface area contributed by atoms with E-state index in [0.29, 0.717) is 11.3 Å². The Kier molecular flexibility index (Phi) is 20.2. The number of halogens is 2. The molecule has 0 aromatic heterocycles. The Balaban J connectivity index is 0.000000694. The van der Waals surface area contributed by atoms with Gasteiger partial charge in [0.15, 0.2) is 0 Å². The molecule has 0 radical (unpaired) electrons. The van der Waals surface area contributed by atoms with Gasteiger partial charge in [-0.25, -0.2) is 0 Å². The third-order valence-corrected chi connectivity index (χ3v) is 13.2. The van der Waals surface area contributed by atoms with E-state index in [1.54, 1.807) is 34.0 Å². The summed E-state index contributed by atoms with van der Waals surface area (Å²) in [6.07, 6.45) is 21.5. The molecule has 0 nitrogen and oxygen atoms in total. The van der Waals surface area contributed by atoms with Gasteiger partial charge >= 0.3 is 30.2 Å². The van der Waals surface area contributed by atoms with E-state index in [9.17, 15) is 0 Å². The molecule has 42 heavy (non-hydrogen) atoms. The molecule has 2 heterocycles. The minimum atomic E-state index is -0.191. The van der Waals surface area contributed by atoms with E-state index >= 15 is 0 Å². The zero-order chi connectivity index (χ0) is 27.1. The van der Waals surface area contributed by atoms with Crippen LogP contribution in [0.15, 0.2) is 118 Å². The van der Waals surface area contributed by atoms with Crippen LogP contribution in [0.1, 0.15) is 53.4 Å². The summed E-state index contributed by atoms with van der Waals surface area (Å²) in [5.41, 5.74) is 6.91. The average molecular weight is 731 g/mol. The van der Waals surface area contributed by atoms with Crippen LogP contribution in [0, 0.1) is 27.0 Å². The van der Waals surface area contributed by atoms with Crippen LogP contribution in [0.2, 0.25) is 0 Å². The van der Waals surface area contributed by atoms with Gasteiger partial charge in [0.05, 0.1) is 0 Å². The second kappa shape index (κ2) is 20.5. The van der Waals surface area contributed by atoms with Crippen molar-refractivity contribution in [3.63, 3.8) is 0 Å². The van der Waals surface area contributed by atoms with Crippen LogP contribution >= 0.6 is 40.7 Å². The summed E-state index contributed by atoms with van der Waals surface area (Å²) in [6.45, 7) is 11.0. The molecule has 0 saturated heterocycles. The second-order valence-corrected chi connectivity index (χ2v) is 14.4. The van der Waals surface area contributed by atoms with Crippen LogP contribution < -0.4 is 10.6 Å². The van der Waals surface area contributed by atoms with Gasteiger partial charge in [0.1, 0.15) is 0 Å². The summed E-state index contributed by atoms with van der Waals surface area (Å²) in [4.78, 5) is 0. The van der Waals surface area contributed by atoms with Crippen molar-refractivity contribution in [2.45, 2.75) is 64.7 Å². The topological polar surface area (TPSA) is 0 Å². The molecule has 226 valence electrons. The standard InChI is InChI=1S/2C17H18P.2CH3.2ClH.H2Si.Zr/c2*1-3-13-10-14-12-15(4-2)18(17(14)11-13)16-8-6-5-7-9-16;;;;;;/h2*5-9,11-12,15H,3-4H2,1-2H3;2*1H3;2*1H;1H2;/q4*-1;;;;. The predicted molar refractivity (Wildman–Crippen MR) is 196 cm³/mol. The zero-order valence-corrected chi connectivity index (χ0v) is 33.3. The molecule has 6 rings (SSSR count). The van der Waals surface area contributed by atoms with Crippen molar-refractivity contribution >= 4 is 58.1 Å². The van der Waals surface area contributed by atoms with Gasteiger partial charge in [-0.05, 0) is 34.8 Å². The van der Waals surface area contributed by atoms with Crippen molar-refractivity contribution in [1.82, 2.24) is 0 Å². The Bertz CT molecular complexity index is 1210. The van der Waals surface area contributed by atoms with Crippen LogP contribution in [-0.4, -0.2) is 18.2 Å². The van der Waals surface area contributed by atoms with Gasteiger partial charge in [0, 0.05) is 0 Å². The van der Waals surface area contributed by atoms with E-state index in [0.717, 1.165) is 12.8 Å². The maximum atomic E-state index is 3.57. The molecule has 4 atom stereocenters. The molecule has 4 unspecified atom stereocenters. The fourth-order valence-corrected chi connectivity index (χ4v) is 11.1. The van der Waals surface area contributed by atoms with Crippen LogP contribution in [0.4, 0.5) is 0 Å². The third-order valence-electron chi connectivity index (χ3n) is 7.33. The van der Waals surface area contributed by atoms with Crippen LogP contribution in [-0.2, 0) is 23.3 Å². The molecule has 0 spiro atoms. The number of benzene rings is 2. The van der Waals surface area contributed by atoms with Crippen molar-refractivity contribution in [2.75, 3.05) is 0 Å². The summed E-state index contributed by atoms with van der Waals surface area (Å²) in [6, 6.07) is 22.0. The molecular formula is C36H46Cl2P2SiZr-4. The van der Waals surface area contributed by atoms with Crippen molar-refractivity contribution in [2.24, 2.45) is 0 Å². The molecule has 6 heteroatoms. The van der Waals surface area contributed by atoms with Crippen molar-refractivity contribution < 1.29 is 23.3 Å². The summed E-state index contributed by atoms with van der Waals surface area (Å²) >= 11 is 1.58. The van der Waals surface area contributed by atoms with Gasteiger partial charge in [-0.1, -0.05) is 117 Å². The van der Waals surface area contributed by atoms with Gasteiger partial charge < -0.3 is 14.9 Å². The molecule has 4 aliphatic rings. The minimum absolute atomic E-state index is 0. The number of rotatable bonds is 6. The SMILES string of the molecule is CCC1=[C-]C2=CC(CC)P(c3ccccc3)C2=C1.CCC1=[C-]C2=CC(CC)P(c3ccccc3)C2=C1.Cl.Cl.[CH3-].[CH3-].[SiH2]=[Zr]. The van der Waals surface area contributed by atoms with Crippen molar-refractivity contribution in [3.8, 4) is 0 Å². The molecule has 0 N–H and O–H groups in total. The molecule has 0 bridgehead atoms. The molecule has 2 aromatic carbocycles. The van der Waals surface area contributed by atoms with E-state index in [1.807, 2.05) is 6.88 Å². The van der Waals surface area contributed by atoms with Gasteiger partial charge in [0.2, 0.25) is 0 Å². The Morgan fingerprint density at radius 2 is 0.952 bits per heavy atom.